The molecule has 0 aliphatic heterocycles. The number of rotatable bonds is 3. The number of hydrogen-bond acceptors (Lipinski definition) is 6. The van der Waals surface area contributed by atoms with Gasteiger partial charge in [0.1, 0.15) is 5.75 Å². The molecule has 0 saturated carbocycles. The molecule has 0 radical (unpaired) electrons. The lowest BCUT2D eigenvalue weighted by atomic mass is 10.2. The first-order chi connectivity index (χ1) is 12.1. The molecule has 0 atom stereocenters. The SMILES string of the molecule is COc1ccc2c(C)nc(Nc3nc4ccccc4c(=O)[nH]3)nc2c1. The maximum absolute atomic E-state index is 12.2. The number of methoxy groups -OCH3 is 1. The number of para-hydroxylation sites is 1. The van der Waals surface area contributed by atoms with E-state index >= 15 is 0 Å². The van der Waals surface area contributed by atoms with Crippen LogP contribution in [0.25, 0.3) is 21.8 Å². The fraction of sp³-hybridized carbons (Fsp3) is 0.111. The fourth-order valence-electron chi connectivity index (χ4n) is 2.70. The van der Waals surface area contributed by atoms with Gasteiger partial charge in [-0.05, 0) is 31.2 Å². The summed E-state index contributed by atoms with van der Waals surface area (Å²) in [4.78, 5) is 28.2. The van der Waals surface area contributed by atoms with Gasteiger partial charge in [0.25, 0.3) is 5.56 Å². The lowest BCUT2D eigenvalue weighted by molar-refractivity contribution is 0.415. The molecule has 0 saturated heterocycles. The van der Waals surface area contributed by atoms with E-state index in [4.69, 9.17) is 4.74 Å². The Bertz CT molecular complexity index is 1150. The second-order valence-electron chi connectivity index (χ2n) is 5.57. The molecule has 0 unspecified atom stereocenters. The molecule has 2 heterocycles. The highest BCUT2D eigenvalue weighted by Gasteiger charge is 2.08. The van der Waals surface area contributed by atoms with Crippen molar-refractivity contribution in [3.05, 3.63) is 58.5 Å². The van der Waals surface area contributed by atoms with Gasteiger partial charge in [0, 0.05) is 11.5 Å². The molecule has 0 aliphatic rings. The van der Waals surface area contributed by atoms with Gasteiger partial charge in [-0.15, -0.1) is 0 Å². The summed E-state index contributed by atoms with van der Waals surface area (Å²) < 4.78 is 5.24. The van der Waals surface area contributed by atoms with Crippen LogP contribution in [-0.2, 0) is 0 Å². The first kappa shape index (κ1) is 15.1. The van der Waals surface area contributed by atoms with Crippen molar-refractivity contribution in [2.24, 2.45) is 0 Å². The summed E-state index contributed by atoms with van der Waals surface area (Å²) in [5.41, 5.74) is 1.95. The molecule has 2 aromatic carbocycles. The zero-order chi connectivity index (χ0) is 17.4. The van der Waals surface area contributed by atoms with Gasteiger partial charge >= 0.3 is 0 Å². The first-order valence-corrected chi connectivity index (χ1v) is 7.72. The average molecular weight is 333 g/mol. The molecule has 7 nitrogen and oxygen atoms in total. The maximum atomic E-state index is 12.2. The highest BCUT2D eigenvalue weighted by Crippen LogP contribution is 2.23. The van der Waals surface area contributed by atoms with E-state index in [-0.39, 0.29) is 5.56 Å². The third-order valence-electron chi connectivity index (χ3n) is 3.94. The largest absolute Gasteiger partial charge is 0.497 e. The summed E-state index contributed by atoms with van der Waals surface area (Å²) in [6, 6.07) is 12.8. The van der Waals surface area contributed by atoms with E-state index in [0.29, 0.717) is 28.5 Å². The minimum absolute atomic E-state index is 0.215. The Morgan fingerprint density at radius 2 is 1.84 bits per heavy atom. The van der Waals surface area contributed by atoms with E-state index < -0.39 is 0 Å². The monoisotopic (exact) mass is 333 g/mol. The molecule has 0 bridgehead atoms. The predicted molar refractivity (Wildman–Crippen MR) is 96.5 cm³/mol. The molecule has 0 aliphatic carbocycles. The molecule has 4 aromatic rings. The van der Waals surface area contributed by atoms with E-state index in [2.05, 4.69) is 25.3 Å². The molecular weight excluding hydrogens is 318 g/mol. The average Bonchev–Trinajstić information content (AvgIpc) is 2.61. The Morgan fingerprint density at radius 3 is 2.68 bits per heavy atom. The zero-order valence-electron chi connectivity index (χ0n) is 13.7. The third-order valence-corrected chi connectivity index (χ3v) is 3.94. The van der Waals surface area contributed by atoms with Gasteiger partial charge < -0.3 is 4.74 Å². The number of aryl methyl sites for hydroxylation is 1. The minimum atomic E-state index is -0.215. The van der Waals surface area contributed by atoms with Crippen molar-refractivity contribution in [3.63, 3.8) is 0 Å². The normalized spacial score (nSPS) is 11.0. The minimum Gasteiger partial charge on any atom is -0.497 e. The van der Waals surface area contributed by atoms with Gasteiger partial charge in [-0.3, -0.25) is 15.1 Å². The Morgan fingerprint density at radius 1 is 1.00 bits per heavy atom. The van der Waals surface area contributed by atoms with Crippen LogP contribution in [0.15, 0.2) is 47.3 Å². The smallest absolute Gasteiger partial charge is 0.260 e. The summed E-state index contributed by atoms with van der Waals surface area (Å²) in [5.74, 6) is 1.37. The van der Waals surface area contributed by atoms with E-state index in [1.807, 2.05) is 31.2 Å². The number of H-pyrrole nitrogens is 1. The van der Waals surface area contributed by atoms with Crippen LogP contribution in [0.2, 0.25) is 0 Å². The van der Waals surface area contributed by atoms with E-state index in [0.717, 1.165) is 16.6 Å². The number of nitrogens with zero attached hydrogens (tertiary/aromatic N) is 3. The van der Waals surface area contributed by atoms with E-state index in [1.165, 1.54) is 0 Å². The van der Waals surface area contributed by atoms with Crippen LogP contribution in [0.3, 0.4) is 0 Å². The summed E-state index contributed by atoms with van der Waals surface area (Å²) in [5, 5.41) is 4.45. The number of ether oxygens (including phenoxy) is 1. The van der Waals surface area contributed by atoms with Crippen LogP contribution < -0.4 is 15.6 Å². The number of aromatic amines is 1. The van der Waals surface area contributed by atoms with Gasteiger partial charge in [0.05, 0.1) is 29.2 Å². The van der Waals surface area contributed by atoms with Gasteiger partial charge in [-0.25, -0.2) is 15.0 Å². The van der Waals surface area contributed by atoms with E-state index in [9.17, 15) is 4.79 Å². The van der Waals surface area contributed by atoms with Crippen LogP contribution in [0, 0.1) is 6.92 Å². The number of hydrogen-bond donors (Lipinski definition) is 2. The molecule has 7 heteroatoms. The summed E-state index contributed by atoms with van der Waals surface area (Å²) in [6.07, 6.45) is 0. The lowest BCUT2D eigenvalue weighted by Gasteiger charge is -2.09. The van der Waals surface area contributed by atoms with Crippen molar-refractivity contribution in [3.8, 4) is 5.75 Å². The molecule has 124 valence electrons. The predicted octanol–water partition coefficient (Wildman–Crippen LogP) is 2.93. The number of aromatic nitrogens is 4. The van der Waals surface area contributed by atoms with Gasteiger partial charge in [-0.1, -0.05) is 12.1 Å². The van der Waals surface area contributed by atoms with Crippen LogP contribution >= 0.6 is 0 Å². The second-order valence-corrected chi connectivity index (χ2v) is 5.57. The highest BCUT2D eigenvalue weighted by atomic mass is 16.5. The molecule has 2 aromatic heterocycles. The van der Waals surface area contributed by atoms with Gasteiger partial charge in [-0.2, -0.15) is 0 Å². The molecule has 0 spiro atoms. The molecule has 0 fully saturated rings. The second kappa shape index (κ2) is 5.86. The van der Waals surface area contributed by atoms with Crippen LogP contribution in [0.1, 0.15) is 5.69 Å². The van der Waals surface area contributed by atoms with E-state index in [1.54, 1.807) is 25.3 Å². The highest BCUT2D eigenvalue weighted by molar-refractivity contribution is 5.83. The molecule has 0 amide bonds. The molecular formula is C18H15N5O2. The summed E-state index contributed by atoms with van der Waals surface area (Å²) in [6.45, 7) is 1.90. The Kier molecular flexibility index (Phi) is 3.53. The lowest BCUT2D eigenvalue weighted by Crippen LogP contribution is -2.12. The van der Waals surface area contributed by atoms with Crippen molar-refractivity contribution in [2.45, 2.75) is 6.92 Å². The fourth-order valence-corrected chi connectivity index (χ4v) is 2.70. The van der Waals surface area contributed by atoms with Gasteiger partial charge in [0.2, 0.25) is 11.9 Å². The molecule has 4 rings (SSSR count). The van der Waals surface area contributed by atoms with Gasteiger partial charge in [0.15, 0.2) is 0 Å². The van der Waals surface area contributed by atoms with Crippen molar-refractivity contribution in [1.29, 1.82) is 0 Å². The van der Waals surface area contributed by atoms with Crippen molar-refractivity contribution < 1.29 is 4.74 Å². The summed E-state index contributed by atoms with van der Waals surface area (Å²) >= 11 is 0. The Hall–Kier alpha value is -3.48. The zero-order valence-corrected chi connectivity index (χ0v) is 13.7. The van der Waals surface area contributed by atoms with Crippen molar-refractivity contribution in [1.82, 2.24) is 19.9 Å². The maximum Gasteiger partial charge on any atom is 0.260 e. The first-order valence-electron chi connectivity index (χ1n) is 7.72. The third kappa shape index (κ3) is 2.76. The number of anilines is 2. The quantitative estimate of drug-likeness (QED) is 0.599. The standard InChI is InChI=1S/C18H15N5O2/c1-10-12-8-7-11(25-2)9-15(12)21-17(19-10)23-18-20-14-6-4-3-5-13(14)16(24)22-18/h3-9H,1-2H3,(H2,19,20,21,22,23,24). The Balaban J connectivity index is 1.79. The molecule has 2 N–H and O–H groups in total. The number of benzene rings is 2. The van der Waals surface area contributed by atoms with Crippen LogP contribution in [-0.4, -0.2) is 27.0 Å². The van der Waals surface area contributed by atoms with Crippen LogP contribution in [0.5, 0.6) is 5.75 Å². The number of fused-ring (bicyclic) bond motifs is 2. The summed E-state index contributed by atoms with van der Waals surface area (Å²) in [7, 11) is 1.61. The number of nitrogens with one attached hydrogen (secondary N) is 2. The van der Waals surface area contributed by atoms with Crippen molar-refractivity contribution in [2.75, 3.05) is 12.4 Å². The Labute approximate surface area is 142 Å². The molecule has 25 heavy (non-hydrogen) atoms. The topological polar surface area (TPSA) is 92.8 Å². The van der Waals surface area contributed by atoms with Crippen molar-refractivity contribution >= 4 is 33.7 Å². The van der Waals surface area contributed by atoms with Crippen LogP contribution in [0.4, 0.5) is 11.9 Å².